The van der Waals surface area contributed by atoms with Gasteiger partial charge in [-0.15, -0.1) is 0 Å². The van der Waals surface area contributed by atoms with Gasteiger partial charge in [-0.1, -0.05) is 24.9 Å². The number of hydrogen-bond acceptors (Lipinski definition) is 3. The van der Waals surface area contributed by atoms with Gasteiger partial charge in [0.1, 0.15) is 11.4 Å². The number of carbonyl (C=O) groups is 1. The molecule has 0 amide bonds. The van der Waals surface area contributed by atoms with Crippen molar-refractivity contribution in [2.45, 2.75) is 45.1 Å². The third kappa shape index (κ3) is 3.41. The van der Waals surface area contributed by atoms with Crippen LogP contribution in [-0.2, 0) is 4.74 Å². The maximum Gasteiger partial charge on any atom is 0.198 e. The van der Waals surface area contributed by atoms with Crippen molar-refractivity contribution in [2.75, 3.05) is 13.7 Å². The Morgan fingerprint density at radius 1 is 1.48 bits per heavy atom. The quantitative estimate of drug-likeness (QED) is 0.750. The summed E-state index contributed by atoms with van der Waals surface area (Å²) in [5, 5.41) is 0.537. The van der Waals surface area contributed by atoms with Crippen molar-refractivity contribution in [2.24, 2.45) is 5.92 Å². The summed E-state index contributed by atoms with van der Waals surface area (Å²) < 4.78 is 11.3. The zero-order chi connectivity index (χ0) is 15.5. The van der Waals surface area contributed by atoms with Gasteiger partial charge >= 0.3 is 0 Å². The molecule has 2 unspecified atom stereocenters. The van der Waals surface area contributed by atoms with Crippen LogP contribution >= 0.6 is 11.6 Å². The van der Waals surface area contributed by atoms with Gasteiger partial charge < -0.3 is 9.47 Å². The lowest BCUT2D eigenvalue weighted by molar-refractivity contribution is -0.0512. The average Bonchev–Trinajstić information content (AvgIpc) is 2.46. The molecular weight excluding hydrogens is 288 g/mol. The minimum Gasteiger partial charge on any atom is -0.496 e. The number of carbonyl (C=O) groups excluding carboxylic acids is 1. The van der Waals surface area contributed by atoms with Crippen LogP contribution in [0.3, 0.4) is 0 Å². The van der Waals surface area contributed by atoms with Crippen LogP contribution in [-0.4, -0.2) is 25.1 Å². The fourth-order valence-electron chi connectivity index (χ4n) is 3.29. The SMILES string of the molecule is CCOC1(C(=O)c2cc(Cl)ccc2OC)CCCC(C)C1. The largest absolute Gasteiger partial charge is 0.496 e. The lowest BCUT2D eigenvalue weighted by atomic mass is 9.74. The monoisotopic (exact) mass is 310 g/mol. The Morgan fingerprint density at radius 3 is 2.86 bits per heavy atom. The summed E-state index contributed by atoms with van der Waals surface area (Å²) in [5.41, 5.74) is -0.211. The first-order chi connectivity index (χ1) is 10.0. The molecule has 1 fully saturated rings. The molecule has 0 spiro atoms. The number of ether oxygens (including phenoxy) is 2. The van der Waals surface area contributed by atoms with E-state index in [1.165, 1.54) is 0 Å². The zero-order valence-corrected chi connectivity index (χ0v) is 13.7. The predicted octanol–water partition coefficient (Wildman–Crippen LogP) is 4.52. The van der Waals surface area contributed by atoms with Gasteiger partial charge in [-0.2, -0.15) is 0 Å². The minimum atomic E-state index is -0.732. The van der Waals surface area contributed by atoms with Crippen LogP contribution in [0.5, 0.6) is 5.75 Å². The highest BCUT2D eigenvalue weighted by Crippen LogP contribution is 2.39. The minimum absolute atomic E-state index is 0.00440. The third-order valence-corrected chi connectivity index (χ3v) is 4.43. The first kappa shape index (κ1) is 16.3. The van der Waals surface area contributed by atoms with Crippen molar-refractivity contribution in [3.8, 4) is 5.75 Å². The molecular formula is C17H23ClO3. The normalized spacial score (nSPS) is 25.6. The van der Waals surface area contributed by atoms with E-state index in [2.05, 4.69) is 6.92 Å². The summed E-state index contributed by atoms with van der Waals surface area (Å²) in [6.45, 7) is 4.64. The Kier molecular flexibility index (Phi) is 5.28. The lowest BCUT2D eigenvalue weighted by Gasteiger charge is -2.38. The van der Waals surface area contributed by atoms with Crippen LogP contribution < -0.4 is 4.74 Å². The third-order valence-electron chi connectivity index (χ3n) is 4.20. The fourth-order valence-corrected chi connectivity index (χ4v) is 3.46. The van der Waals surface area contributed by atoms with Crippen molar-refractivity contribution in [3.05, 3.63) is 28.8 Å². The van der Waals surface area contributed by atoms with Crippen LogP contribution in [0, 0.1) is 5.92 Å². The molecule has 2 atom stereocenters. The van der Waals surface area contributed by atoms with Gasteiger partial charge in [0.2, 0.25) is 0 Å². The second kappa shape index (κ2) is 6.80. The van der Waals surface area contributed by atoms with Gasteiger partial charge in [0.15, 0.2) is 5.78 Å². The van der Waals surface area contributed by atoms with Crippen molar-refractivity contribution >= 4 is 17.4 Å². The van der Waals surface area contributed by atoms with E-state index in [1.807, 2.05) is 6.92 Å². The second-order valence-corrected chi connectivity index (χ2v) is 6.24. The molecule has 0 heterocycles. The van der Waals surface area contributed by atoms with Crippen LogP contribution in [0.15, 0.2) is 18.2 Å². The smallest absolute Gasteiger partial charge is 0.198 e. The molecule has 0 radical (unpaired) electrons. The Balaban J connectivity index is 2.41. The molecule has 0 N–H and O–H groups in total. The van der Waals surface area contributed by atoms with E-state index >= 15 is 0 Å². The van der Waals surface area contributed by atoms with Gasteiger partial charge in [-0.25, -0.2) is 0 Å². The van der Waals surface area contributed by atoms with Gasteiger partial charge in [0.05, 0.1) is 12.7 Å². The van der Waals surface area contributed by atoms with Crippen LogP contribution in [0.4, 0.5) is 0 Å². The number of rotatable bonds is 5. The van der Waals surface area contributed by atoms with E-state index in [-0.39, 0.29) is 5.78 Å². The molecule has 0 aliphatic heterocycles. The summed E-state index contributed by atoms with van der Waals surface area (Å²) in [5.74, 6) is 1.04. The topological polar surface area (TPSA) is 35.5 Å². The summed E-state index contributed by atoms with van der Waals surface area (Å²) >= 11 is 6.06. The van der Waals surface area contributed by atoms with E-state index in [1.54, 1.807) is 25.3 Å². The predicted molar refractivity (Wildman–Crippen MR) is 84.3 cm³/mol. The highest BCUT2D eigenvalue weighted by molar-refractivity contribution is 6.31. The standard InChI is InChI=1S/C17H23ClO3/c1-4-21-17(9-5-6-12(2)11-17)16(19)14-10-13(18)7-8-15(14)20-3/h7-8,10,12H,4-6,9,11H2,1-3H3. The Morgan fingerprint density at radius 2 is 2.24 bits per heavy atom. The molecule has 3 nitrogen and oxygen atoms in total. The van der Waals surface area contributed by atoms with E-state index < -0.39 is 5.60 Å². The maximum absolute atomic E-state index is 13.1. The van der Waals surface area contributed by atoms with Gasteiger partial charge in [0, 0.05) is 11.6 Å². The maximum atomic E-state index is 13.1. The number of halogens is 1. The van der Waals surface area contributed by atoms with Crippen molar-refractivity contribution in [1.29, 1.82) is 0 Å². The Hall–Kier alpha value is -1.06. The van der Waals surface area contributed by atoms with Crippen molar-refractivity contribution in [1.82, 2.24) is 0 Å². The molecule has 21 heavy (non-hydrogen) atoms. The molecule has 1 aromatic carbocycles. The molecule has 1 aromatic rings. The van der Waals surface area contributed by atoms with Crippen LogP contribution in [0.1, 0.15) is 49.9 Å². The number of benzene rings is 1. The number of methoxy groups -OCH3 is 1. The number of ketones is 1. The first-order valence-corrected chi connectivity index (χ1v) is 7.92. The highest BCUT2D eigenvalue weighted by atomic mass is 35.5. The molecule has 4 heteroatoms. The molecule has 116 valence electrons. The Bertz CT molecular complexity index is 511. The Labute approximate surface area is 131 Å². The lowest BCUT2D eigenvalue weighted by Crippen LogP contribution is -2.45. The van der Waals surface area contributed by atoms with E-state index in [0.717, 1.165) is 25.7 Å². The molecule has 0 bridgehead atoms. The summed E-state index contributed by atoms with van der Waals surface area (Å²) in [7, 11) is 1.57. The molecule has 2 rings (SSSR count). The molecule has 1 saturated carbocycles. The van der Waals surface area contributed by atoms with Gasteiger partial charge in [0.25, 0.3) is 0 Å². The molecule has 1 aliphatic carbocycles. The summed E-state index contributed by atoms with van der Waals surface area (Å²) in [6.07, 6.45) is 3.68. The van der Waals surface area contributed by atoms with E-state index in [0.29, 0.717) is 28.9 Å². The first-order valence-electron chi connectivity index (χ1n) is 7.54. The average molecular weight is 311 g/mol. The summed E-state index contributed by atoms with van der Waals surface area (Å²) in [6, 6.07) is 5.15. The molecule has 0 aromatic heterocycles. The van der Waals surface area contributed by atoms with Crippen LogP contribution in [0.25, 0.3) is 0 Å². The molecule has 0 saturated heterocycles. The summed E-state index contributed by atoms with van der Waals surface area (Å²) in [4.78, 5) is 13.1. The van der Waals surface area contributed by atoms with Crippen molar-refractivity contribution < 1.29 is 14.3 Å². The number of Topliss-reactive ketones (excluding diaryl/α,β-unsaturated/α-hetero) is 1. The number of hydrogen-bond donors (Lipinski definition) is 0. The second-order valence-electron chi connectivity index (χ2n) is 5.80. The zero-order valence-electron chi connectivity index (χ0n) is 12.9. The van der Waals surface area contributed by atoms with E-state index in [4.69, 9.17) is 21.1 Å². The van der Waals surface area contributed by atoms with Gasteiger partial charge in [-0.05, 0) is 50.3 Å². The van der Waals surface area contributed by atoms with Gasteiger partial charge in [-0.3, -0.25) is 4.79 Å². The van der Waals surface area contributed by atoms with E-state index in [9.17, 15) is 4.79 Å². The van der Waals surface area contributed by atoms with Crippen molar-refractivity contribution in [3.63, 3.8) is 0 Å². The highest BCUT2D eigenvalue weighted by Gasteiger charge is 2.43. The molecule has 1 aliphatic rings. The fraction of sp³-hybridized carbons (Fsp3) is 0.588. The van der Waals surface area contributed by atoms with Crippen LogP contribution in [0.2, 0.25) is 5.02 Å².